The van der Waals surface area contributed by atoms with E-state index < -0.39 is 16.2 Å². The van der Waals surface area contributed by atoms with Gasteiger partial charge in [0.25, 0.3) is 0 Å². The number of rotatable bonds is 5. The molecule has 1 atom stereocenters. The quantitative estimate of drug-likeness (QED) is 0.730. The molecule has 138 valence electrons. The van der Waals surface area contributed by atoms with E-state index in [0.29, 0.717) is 11.3 Å². The number of hydrogen-bond donors (Lipinski definition) is 0. The van der Waals surface area contributed by atoms with Crippen LogP contribution in [-0.4, -0.2) is 49.6 Å². The van der Waals surface area contributed by atoms with Crippen LogP contribution in [-0.2, 0) is 14.8 Å². The molecule has 26 heavy (non-hydrogen) atoms. The maximum atomic E-state index is 13.1. The Morgan fingerprint density at radius 2 is 1.77 bits per heavy atom. The van der Waals surface area contributed by atoms with E-state index in [1.165, 1.54) is 9.21 Å². The second kappa shape index (κ2) is 7.65. The molecule has 2 aromatic rings. The predicted octanol–water partition coefficient (Wildman–Crippen LogP) is 2.47. The first-order chi connectivity index (χ1) is 12.5. The van der Waals surface area contributed by atoms with Gasteiger partial charge in [-0.15, -0.1) is 11.6 Å². The summed E-state index contributed by atoms with van der Waals surface area (Å²) in [6.45, 7) is 0.491. The number of benzene rings is 2. The van der Waals surface area contributed by atoms with Gasteiger partial charge in [-0.25, -0.2) is 8.42 Å². The minimum absolute atomic E-state index is 0.193. The molecule has 0 aliphatic carbocycles. The van der Waals surface area contributed by atoms with Crippen molar-refractivity contribution in [2.75, 3.05) is 26.1 Å². The normalized spacial score (nSPS) is 18.1. The number of nitrogens with zero attached hydrogens (tertiary/aromatic N) is 2. The molecule has 0 aromatic heterocycles. The lowest BCUT2D eigenvalue weighted by molar-refractivity contribution is -0.130. The van der Waals surface area contributed by atoms with Crippen molar-refractivity contribution in [3.63, 3.8) is 0 Å². The van der Waals surface area contributed by atoms with Crippen LogP contribution in [0.5, 0.6) is 5.75 Å². The van der Waals surface area contributed by atoms with Crippen molar-refractivity contribution in [2.24, 2.45) is 0 Å². The summed E-state index contributed by atoms with van der Waals surface area (Å²) in [6.07, 6.45) is -0.739. The zero-order valence-corrected chi connectivity index (χ0v) is 15.8. The molecule has 2 aromatic carbocycles. The van der Waals surface area contributed by atoms with Gasteiger partial charge in [-0.3, -0.25) is 4.79 Å². The van der Waals surface area contributed by atoms with E-state index in [0.717, 1.165) is 0 Å². The topological polar surface area (TPSA) is 66.9 Å². The summed E-state index contributed by atoms with van der Waals surface area (Å²) in [5.41, 5.74) is 0.682. The van der Waals surface area contributed by atoms with Gasteiger partial charge >= 0.3 is 0 Å². The van der Waals surface area contributed by atoms with Crippen LogP contribution in [0.1, 0.15) is 11.7 Å². The Morgan fingerprint density at radius 3 is 2.35 bits per heavy atom. The van der Waals surface area contributed by atoms with Crippen LogP contribution in [0.2, 0.25) is 0 Å². The summed E-state index contributed by atoms with van der Waals surface area (Å²) in [5.74, 6) is 0.143. The second-order valence-corrected chi connectivity index (χ2v) is 7.95. The summed E-state index contributed by atoms with van der Waals surface area (Å²) in [6, 6.07) is 15.2. The Hall–Kier alpha value is -2.09. The molecule has 6 nitrogen and oxygen atoms in total. The van der Waals surface area contributed by atoms with E-state index in [1.807, 2.05) is 0 Å². The monoisotopic (exact) mass is 394 g/mol. The third-order valence-corrected chi connectivity index (χ3v) is 6.42. The van der Waals surface area contributed by atoms with Crippen molar-refractivity contribution in [1.29, 1.82) is 0 Å². The molecule has 1 heterocycles. The molecule has 1 aliphatic rings. The van der Waals surface area contributed by atoms with Gasteiger partial charge in [-0.1, -0.05) is 30.3 Å². The van der Waals surface area contributed by atoms with Crippen molar-refractivity contribution >= 4 is 27.5 Å². The van der Waals surface area contributed by atoms with Crippen LogP contribution >= 0.6 is 11.6 Å². The average molecular weight is 395 g/mol. The fraction of sp³-hybridized carbons (Fsp3) is 0.278. The van der Waals surface area contributed by atoms with E-state index in [-0.39, 0.29) is 29.8 Å². The maximum absolute atomic E-state index is 13.1. The molecule has 0 bridgehead atoms. The predicted molar refractivity (Wildman–Crippen MR) is 98.5 cm³/mol. The molecule has 0 spiro atoms. The van der Waals surface area contributed by atoms with Crippen LogP contribution in [0.25, 0.3) is 0 Å². The second-order valence-electron chi connectivity index (χ2n) is 5.80. The van der Waals surface area contributed by atoms with E-state index in [4.69, 9.17) is 16.3 Å². The third-order valence-electron chi connectivity index (χ3n) is 4.33. The van der Waals surface area contributed by atoms with Gasteiger partial charge in [-0.05, 0) is 29.8 Å². The third kappa shape index (κ3) is 3.42. The highest BCUT2D eigenvalue weighted by Crippen LogP contribution is 2.35. The van der Waals surface area contributed by atoms with Crippen LogP contribution in [0, 0.1) is 0 Å². The lowest BCUT2D eigenvalue weighted by atomic mass is 10.1. The molecular formula is C18H19ClN2O4S. The van der Waals surface area contributed by atoms with Crippen molar-refractivity contribution in [3.8, 4) is 5.75 Å². The average Bonchev–Trinajstić information content (AvgIpc) is 3.14. The fourth-order valence-corrected chi connectivity index (χ4v) is 4.79. The Morgan fingerprint density at radius 1 is 1.12 bits per heavy atom. The van der Waals surface area contributed by atoms with E-state index in [1.54, 1.807) is 61.7 Å². The van der Waals surface area contributed by atoms with Gasteiger partial charge in [0.05, 0.1) is 12.0 Å². The highest BCUT2D eigenvalue weighted by Gasteiger charge is 2.42. The number of carbonyl (C=O) groups excluding carboxylic acids is 1. The van der Waals surface area contributed by atoms with Gasteiger partial charge in [0.2, 0.25) is 15.9 Å². The van der Waals surface area contributed by atoms with Gasteiger partial charge in [-0.2, -0.15) is 4.31 Å². The van der Waals surface area contributed by atoms with Gasteiger partial charge in [0.1, 0.15) is 17.8 Å². The Labute approximate surface area is 158 Å². The minimum Gasteiger partial charge on any atom is -0.497 e. The first-order valence-corrected chi connectivity index (χ1v) is 10.0. The first-order valence-electron chi connectivity index (χ1n) is 8.05. The number of amides is 1. The number of alkyl halides is 1. The van der Waals surface area contributed by atoms with Crippen molar-refractivity contribution in [1.82, 2.24) is 9.21 Å². The Balaban J connectivity index is 2.04. The summed E-state index contributed by atoms with van der Waals surface area (Å²) in [5, 5.41) is 0. The lowest BCUT2D eigenvalue weighted by Gasteiger charge is -2.30. The highest BCUT2D eigenvalue weighted by molar-refractivity contribution is 7.89. The zero-order chi connectivity index (χ0) is 18.7. The SMILES string of the molecule is COc1ccc([C@@H]2N(C(=O)CCl)CCN2S(=O)(=O)c2ccccc2)cc1. The van der Waals surface area contributed by atoms with Crippen LogP contribution in [0.3, 0.4) is 0 Å². The fourth-order valence-electron chi connectivity index (χ4n) is 3.05. The van der Waals surface area contributed by atoms with Gasteiger partial charge < -0.3 is 9.64 Å². The number of ether oxygens (including phenoxy) is 1. The molecular weight excluding hydrogens is 376 g/mol. The number of methoxy groups -OCH3 is 1. The van der Waals surface area contributed by atoms with Gasteiger partial charge in [0.15, 0.2) is 0 Å². The molecule has 1 fully saturated rings. The zero-order valence-electron chi connectivity index (χ0n) is 14.2. The Kier molecular flexibility index (Phi) is 5.50. The highest BCUT2D eigenvalue weighted by atomic mass is 35.5. The largest absolute Gasteiger partial charge is 0.497 e. The molecule has 0 radical (unpaired) electrons. The van der Waals surface area contributed by atoms with E-state index in [9.17, 15) is 13.2 Å². The van der Waals surface area contributed by atoms with Crippen LogP contribution in [0.4, 0.5) is 0 Å². The molecule has 3 rings (SSSR count). The summed E-state index contributed by atoms with van der Waals surface area (Å²) in [7, 11) is -2.21. The minimum atomic E-state index is -3.76. The molecule has 1 amide bonds. The number of carbonyl (C=O) groups is 1. The molecule has 1 aliphatic heterocycles. The smallest absolute Gasteiger partial charge is 0.245 e. The molecule has 1 saturated heterocycles. The van der Waals surface area contributed by atoms with Gasteiger partial charge in [0, 0.05) is 13.1 Å². The van der Waals surface area contributed by atoms with Crippen LogP contribution in [0.15, 0.2) is 59.5 Å². The van der Waals surface area contributed by atoms with Crippen LogP contribution < -0.4 is 4.74 Å². The number of halogens is 1. The number of hydrogen-bond acceptors (Lipinski definition) is 4. The summed E-state index contributed by atoms with van der Waals surface area (Å²) >= 11 is 5.73. The summed E-state index contributed by atoms with van der Waals surface area (Å²) < 4.78 is 32.8. The van der Waals surface area contributed by atoms with Crippen molar-refractivity contribution in [2.45, 2.75) is 11.1 Å². The van der Waals surface area contributed by atoms with E-state index in [2.05, 4.69) is 0 Å². The standard InChI is InChI=1S/C18H19ClN2O4S/c1-25-15-9-7-14(8-10-15)18-20(17(22)13-19)11-12-21(18)26(23,24)16-5-3-2-4-6-16/h2-10,18H,11-13H2,1H3/t18-/m1/s1. The lowest BCUT2D eigenvalue weighted by Crippen LogP contribution is -2.38. The van der Waals surface area contributed by atoms with Crippen molar-refractivity contribution in [3.05, 3.63) is 60.2 Å². The maximum Gasteiger partial charge on any atom is 0.245 e. The molecule has 0 unspecified atom stereocenters. The van der Waals surface area contributed by atoms with E-state index >= 15 is 0 Å². The molecule has 0 N–H and O–H groups in total. The summed E-state index contributed by atoms with van der Waals surface area (Å²) in [4.78, 5) is 14.0. The number of sulfonamides is 1. The first kappa shape index (κ1) is 18.7. The van der Waals surface area contributed by atoms with Crippen molar-refractivity contribution < 1.29 is 17.9 Å². The molecule has 8 heteroatoms. The molecule has 0 saturated carbocycles. The Bertz CT molecular complexity index is 872.